The molecule has 1 amide bonds. The third kappa shape index (κ3) is 5.16. The predicted molar refractivity (Wildman–Crippen MR) is 83.8 cm³/mol. The maximum absolute atomic E-state index is 13.8. The Hall–Kier alpha value is -2.22. The standard InChI is InChI=1S/C16H13F4NO2S/c1-9-6-12(17)13(8-14(9)24)21-15(22)7-10-2-4-11(5-3-10)23-16(18,19)20/h2-6,8,24H,7H2,1H3,(H,21,22). The minimum atomic E-state index is -4.77. The van der Waals surface area contributed by atoms with Gasteiger partial charge in [0.1, 0.15) is 11.6 Å². The van der Waals surface area contributed by atoms with Gasteiger partial charge >= 0.3 is 6.36 Å². The molecule has 8 heteroatoms. The van der Waals surface area contributed by atoms with E-state index in [1.807, 2.05) is 0 Å². The Morgan fingerprint density at radius 1 is 1.21 bits per heavy atom. The number of amides is 1. The third-order valence-electron chi connectivity index (χ3n) is 3.08. The Morgan fingerprint density at radius 2 is 1.83 bits per heavy atom. The molecule has 3 nitrogen and oxygen atoms in total. The van der Waals surface area contributed by atoms with Crippen molar-refractivity contribution in [3.63, 3.8) is 0 Å². The summed E-state index contributed by atoms with van der Waals surface area (Å²) >= 11 is 4.16. The lowest BCUT2D eigenvalue weighted by atomic mass is 10.1. The molecule has 0 saturated heterocycles. The number of aryl methyl sites for hydroxylation is 1. The second-order valence-corrected chi connectivity index (χ2v) is 5.52. The molecule has 2 rings (SSSR count). The van der Waals surface area contributed by atoms with Crippen LogP contribution in [0.25, 0.3) is 0 Å². The van der Waals surface area contributed by atoms with Gasteiger partial charge in [0.2, 0.25) is 5.91 Å². The van der Waals surface area contributed by atoms with Crippen LogP contribution in [0.5, 0.6) is 5.75 Å². The van der Waals surface area contributed by atoms with Gasteiger partial charge in [0, 0.05) is 4.90 Å². The van der Waals surface area contributed by atoms with Crippen LogP contribution in [-0.4, -0.2) is 12.3 Å². The van der Waals surface area contributed by atoms with Crippen LogP contribution in [0.4, 0.5) is 23.2 Å². The molecule has 128 valence electrons. The van der Waals surface area contributed by atoms with E-state index in [9.17, 15) is 22.4 Å². The van der Waals surface area contributed by atoms with E-state index in [-0.39, 0.29) is 17.9 Å². The average Bonchev–Trinajstić information content (AvgIpc) is 2.45. The SMILES string of the molecule is Cc1cc(F)c(NC(=O)Cc2ccc(OC(F)(F)F)cc2)cc1S. The summed E-state index contributed by atoms with van der Waals surface area (Å²) in [5.74, 6) is -1.47. The van der Waals surface area contributed by atoms with Gasteiger partial charge in [0.05, 0.1) is 12.1 Å². The number of thiol groups is 1. The Labute approximate surface area is 141 Å². The maximum atomic E-state index is 13.8. The number of benzene rings is 2. The topological polar surface area (TPSA) is 38.3 Å². The smallest absolute Gasteiger partial charge is 0.406 e. The number of alkyl halides is 3. The zero-order valence-electron chi connectivity index (χ0n) is 12.4. The van der Waals surface area contributed by atoms with Crippen molar-refractivity contribution in [3.8, 4) is 5.75 Å². The van der Waals surface area contributed by atoms with E-state index in [1.165, 1.54) is 24.3 Å². The highest BCUT2D eigenvalue weighted by molar-refractivity contribution is 7.80. The van der Waals surface area contributed by atoms with Crippen molar-refractivity contribution in [1.29, 1.82) is 0 Å². The van der Waals surface area contributed by atoms with Crippen LogP contribution in [0.3, 0.4) is 0 Å². The molecular formula is C16H13F4NO2S. The molecular weight excluding hydrogens is 346 g/mol. The molecule has 0 radical (unpaired) electrons. The summed E-state index contributed by atoms with van der Waals surface area (Å²) in [5, 5.41) is 2.41. The number of carbonyl (C=O) groups is 1. The molecule has 0 bridgehead atoms. The van der Waals surface area contributed by atoms with E-state index < -0.39 is 18.1 Å². The molecule has 0 aliphatic carbocycles. The van der Waals surface area contributed by atoms with Gasteiger partial charge in [-0.15, -0.1) is 25.8 Å². The highest BCUT2D eigenvalue weighted by atomic mass is 32.1. The van der Waals surface area contributed by atoms with Crippen molar-refractivity contribution in [1.82, 2.24) is 0 Å². The molecule has 0 aliphatic heterocycles. The maximum Gasteiger partial charge on any atom is 0.573 e. The van der Waals surface area contributed by atoms with E-state index in [0.717, 1.165) is 12.1 Å². The quantitative estimate of drug-likeness (QED) is 0.623. The van der Waals surface area contributed by atoms with Gasteiger partial charge in [0.15, 0.2) is 0 Å². The summed E-state index contributed by atoms with van der Waals surface area (Å²) in [7, 11) is 0. The molecule has 1 N–H and O–H groups in total. The van der Waals surface area contributed by atoms with Crippen LogP contribution in [0.2, 0.25) is 0 Å². The molecule has 0 atom stereocenters. The highest BCUT2D eigenvalue weighted by Gasteiger charge is 2.30. The second-order valence-electron chi connectivity index (χ2n) is 5.04. The van der Waals surface area contributed by atoms with Crippen LogP contribution in [0.1, 0.15) is 11.1 Å². The first-order valence-electron chi connectivity index (χ1n) is 6.78. The van der Waals surface area contributed by atoms with Crippen molar-refractivity contribution >= 4 is 24.2 Å². The van der Waals surface area contributed by atoms with Crippen molar-refractivity contribution in [2.24, 2.45) is 0 Å². The van der Waals surface area contributed by atoms with Gasteiger partial charge in [-0.05, 0) is 42.3 Å². The van der Waals surface area contributed by atoms with Crippen LogP contribution in [0.15, 0.2) is 41.3 Å². The van der Waals surface area contributed by atoms with Crippen molar-refractivity contribution in [2.75, 3.05) is 5.32 Å². The minimum Gasteiger partial charge on any atom is -0.406 e. The van der Waals surface area contributed by atoms with Gasteiger partial charge < -0.3 is 10.1 Å². The Kier molecular flexibility index (Phi) is 5.38. The molecule has 2 aromatic carbocycles. The fourth-order valence-electron chi connectivity index (χ4n) is 1.95. The Bertz CT molecular complexity index is 745. The van der Waals surface area contributed by atoms with Crippen LogP contribution < -0.4 is 10.1 Å². The molecule has 24 heavy (non-hydrogen) atoms. The molecule has 0 heterocycles. The van der Waals surface area contributed by atoms with Crippen molar-refractivity contribution < 1.29 is 27.1 Å². The number of ether oxygens (including phenoxy) is 1. The zero-order chi connectivity index (χ0) is 17.9. The summed E-state index contributed by atoms with van der Waals surface area (Å²) in [4.78, 5) is 12.5. The van der Waals surface area contributed by atoms with Crippen LogP contribution in [-0.2, 0) is 11.2 Å². The van der Waals surface area contributed by atoms with Gasteiger partial charge in [-0.3, -0.25) is 4.79 Å². The van der Waals surface area contributed by atoms with E-state index in [0.29, 0.717) is 16.0 Å². The van der Waals surface area contributed by atoms with Gasteiger partial charge in [0.25, 0.3) is 0 Å². The molecule has 0 spiro atoms. The first kappa shape index (κ1) is 18.1. The first-order chi connectivity index (χ1) is 11.1. The number of halogens is 4. The van der Waals surface area contributed by atoms with Crippen molar-refractivity contribution in [2.45, 2.75) is 24.6 Å². The van der Waals surface area contributed by atoms with Gasteiger partial charge in [-0.25, -0.2) is 4.39 Å². The molecule has 0 saturated carbocycles. The van der Waals surface area contributed by atoms with E-state index in [4.69, 9.17) is 0 Å². The summed E-state index contributed by atoms with van der Waals surface area (Å²) in [6, 6.07) is 7.52. The lowest BCUT2D eigenvalue weighted by molar-refractivity contribution is -0.274. The molecule has 2 aromatic rings. The van der Waals surface area contributed by atoms with Crippen LogP contribution in [0, 0.1) is 12.7 Å². The fourth-order valence-corrected chi connectivity index (χ4v) is 2.14. The van der Waals surface area contributed by atoms with Crippen LogP contribution >= 0.6 is 12.6 Å². The number of anilines is 1. The average molecular weight is 359 g/mol. The molecule has 0 fully saturated rings. The van der Waals surface area contributed by atoms with E-state index in [1.54, 1.807) is 6.92 Å². The van der Waals surface area contributed by atoms with E-state index in [2.05, 4.69) is 22.7 Å². The number of carbonyl (C=O) groups excluding carboxylic acids is 1. The third-order valence-corrected chi connectivity index (χ3v) is 3.56. The largest absolute Gasteiger partial charge is 0.573 e. The number of nitrogens with one attached hydrogen (secondary N) is 1. The molecule has 0 unspecified atom stereocenters. The summed E-state index contributed by atoms with van der Waals surface area (Å²) in [6.45, 7) is 1.68. The highest BCUT2D eigenvalue weighted by Crippen LogP contribution is 2.24. The first-order valence-corrected chi connectivity index (χ1v) is 7.22. The zero-order valence-corrected chi connectivity index (χ0v) is 13.3. The second kappa shape index (κ2) is 7.12. The summed E-state index contributed by atoms with van der Waals surface area (Å²) in [6.07, 6.45) is -4.89. The van der Waals surface area contributed by atoms with Gasteiger partial charge in [-0.1, -0.05) is 12.1 Å². The normalized spacial score (nSPS) is 11.2. The monoisotopic (exact) mass is 359 g/mol. The number of rotatable bonds is 4. The summed E-state index contributed by atoms with van der Waals surface area (Å²) in [5.41, 5.74) is 1.09. The predicted octanol–water partition coefficient (Wildman–Crippen LogP) is 4.50. The fraction of sp³-hybridized carbons (Fsp3) is 0.188. The number of hydrogen-bond acceptors (Lipinski definition) is 3. The lowest BCUT2D eigenvalue weighted by Gasteiger charge is -2.10. The minimum absolute atomic E-state index is 0.00683. The molecule has 0 aliphatic rings. The Balaban J connectivity index is 2.01. The van der Waals surface area contributed by atoms with Gasteiger partial charge in [-0.2, -0.15) is 0 Å². The Morgan fingerprint density at radius 3 is 2.42 bits per heavy atom. The summed E-state index contributed by atoms with van der Waals surface area (Å²) < 4.78 is 53.7. The van der Waals surface area contributed by atoms with E-state index >= 15 is 0 Å². The van der Waals surface area contributed by atoms with Crippen molar-refractivity contribution in [3.05, 3.63) is 53.3 Å². The lowest BCUT2D eigenvalue weighted by Crippen LogP contribution is -2.17. The molecule has 0 aromatic heterocycles. The number of hydrogen-bond donors (Lipinski definition) is 2.